The second-order valence-electron chi connectivity index (χ2n) is 5.33. The molecule has 5 rings (SSSR count). The molecular weight excluding hydrogens is 278 g/mol. The van der Waals surface area contributed by atoms with Crippen LogP contribution in [0.1, 0.15) is 5.56 Å². The molecule has 0 N–H and O–H groups in total. The van der Waals surface area contributed by atoms with Crippen molar-refractivity contribution in [2.24, 2.45) is 11.1 Å². The number of ether oxygens (including phenoxy) is 4. The van der Waals surface area contributed by atoms with E-state index in [0.29, 0.717) is 23.8 Å². The van der Waals surface area contributed by atoms with Crippen LogP contribution in [0.3, 0.4) is 0 Å². The predicted molar refractivity (Wildman–Crippen MR) is 67.1 cm³/mol. The van der Waals surface area contributed by atoms with Crippen molar-refractivity contribution < 1.29 is 28.6 Å². The van der Waals surface area contributed by atoms with Gasteiger partial charge in [-0.25, -0.2) is 0 Å². The Balaban J connectivity index is 1.54. The van der Waals surface area contributed by atoms with E-state index in [1.165, 1.54) is 0 Å². The molecule has 1 aromatic carbocycles. The molecule has 21 heavy (non-hydrogen) atoms. The largest absolute Gasteiger partial charge is 0.454 e. The highest BCUT2D eigenvalue weighted by Crippen LogP contribution is 2.39. The minimum Gasteiger partial charge on any atom is -0.454 e. The average molecular weight is 289 g/mol. The average Bonchev–Trinajstić information content (AvgIpc) is 3.22. The molecule has 0 aliphatic carbocycles. The van der Waals surface area contributed by atoms with Crippen molar-refractivity contribution in [3.63, 3.8) is 0 Å². The molecule has 2 saturated heterocycles. The fourth-order valence-corrected chi connectivity index (χ4v) is 3.15. The zero-order valence-corrected chi connectivity index (χ0v) is 10.9. The number of benzene rings is 1. The summed E-state index contributed by atoms with van der Waals surface area (Å²) >= 11 is 0. The molecule has 0 radical (unpaired) electrons. The van der Waals surface area contributed by atoms with Gasteiger partial charge in [0.15, 0.2) is 17.6 Å². The van der Waals surface area contributed by atoms with Crippen molar-refractivity contribution in [1.82, 2.24) is 0 Å². The van der Waals surface area contributed by atoms with Crippen molar-refractivity contribution in [3.05, 3.63) is 23.8 Å². The molecule has 0 spiro atoms. The number of oxime groups is 1. The number of carbonyl (C=O) groups excluding carboxylic acids is 1. The first kappa shape index (κ1) is 11.5. The Morgan fingerprint density at radius 2 is 2.10 bits per heavy atom. The maximum Gasteiger partial charge on any atom is 0.231 e. The minimum atomic E-state index is -0.794. The fraction of sp³-hybridized carbons (Fsp3) is 0.429. The van der Waals surface area contributed by atoms with Crippen molar-refractivity contribution in [3.8, 4) is 11.5 Å². The van der Waals surface area contributed by atoms with Crippen molar-refractivity contribution >= 4 is 11.5 Å². The summed E-state index contributed by atoms with van der Waals surface area (Å²) in [7, 11) is 0. The van der Waals surface area contributed by atoms with Gasteiger partial charge < -0.3 is 23.8 Å². The quantitative estimate of drug-likeness (QED) is 0.747. The summed E-state index contributed by atoms with van der Waals surface area (Å²) in [4.78, 5) is 17.8. The lowest BCUT2D eigenvalue weighted by Crippen LogP contribution is -2.48. The third kappa shape index (κ3) is 1.50. The number of rotatable bonds is 1. The van der Waals surface area contributed by atoms with Crippen LogP contribution < -0.4 is 9.47 Å². The van der Waals surface area contributed by atoms with Crippen LogP contribution in [0.4, 0.5) is 0 Å². The van der Waals surface area contributed by atoms with E-state index in [9.17, 15) is 4.79 Å². The van der Waals surface area contributed by atoms with Crippen LogP contribution in [0.25, 0.3) is 0 Å². The summed E-state index contributed by atoms with van der Waals surface area (Å²) in [6, 6.07) is 5.48. The monoisotopic (exact) mass is 289 g/mol. The Morgan fingerprint density at radius 3 is 3.05 bits per heavy atom. The van der Waals surface area contributed by atoms with Crippen LogP contribution in [0, 0.1) is 5.92 Å². The lowest BCUT2D eigenvalue weighted by Gasteiger charge is -2.27. The summed E-state index contributed by atoms with van der Waals surface area (Å²) < 4.78 is 21.5. The molecule has 4 atom stereocenters. The highest BCUT2D eigenvalue weighted by molar-refractivity contribution is 6.16. The van der Waals surface area contributed by atoms with Gasteiger partial charge in [-0.1, -0.05) is 5.16 Å². The van der Waals surface area contributed by atoms with E-state index in [-0.39, 0.29) is 18.7 Å². The first-order valence-electron chi connectivity index (χ1n) is 6.76. The van der Waals surface area contributed by atoms with Gasteiger partial charge in [0.1, 0.15) is 17.7 Å². The molecule has 0 amide bonds. The lowest BCUT2D eigenvalue weighted by molar-refractivity contribution is -0.169. The van der Waals surface area contributed by atoms with Gasteiger partial charge in [-0.3, -0.25) is 4.79 Å². The van der Waals surface area contributed by atoms with Crippen molar-refractivity contribution in [1.29, 1.82) is 0 Å². The van der Waals surface area contributed by atoms with Crippen molar-refractivity contribution in [2.45, 2.75) is 18.5 Å². The smallest absolute Gasteiger partial charge is 0.231 e. The van der Waals surface area contributed by atoms with E-state index in [0.717, 1.165) is 5.56 Å². The van der Waals surface area contributed by atoms with Gasteiger partial charge in [-0.2, -0.15) is 0 Å². The molecule has 0 aromatic heterocycles. The number of hydrogen-bond donors (Lipinski definition) is 0. The van der Waals surface area contributed by atoms with Crippen LogP contribution >= 0.6 is 0 Å². The van der Waals surface area contributed by atoms with E-state index in [4.69, 9.17) is 23.8 Å². The predicted octanol–water partition coefficient (Wildman–Crippen LogP) is 0.459. The molecule has 4 heterocycles. The minimum absolute atomic E-state index is 0.136. The van der Waals surface area contributed by atoms with Gasteiger partial charge in [0, 0.05) is 5.56 Å². The van der Waals surface area contributed by atoms with E-state index in [1.54, 1.807) is 0 Å². The molecule has 4 aliphatic rings. The van der Waals surface area contributed by atoms with Crippen LogP contribution in [0.15, 0.2) is 23.4 Å². The Labute approximate surface area is 119 Å². The zero-order valence-electron chi connectivity index (χ0n) is 10.9. The number of carbonyl (C=O) groups is 1. The highest BCUT2D eigenvalue weighted by atomic mass is 16.8. The second-order valence-corrected chi connectivity index (χ2v) is 5.33. The Kier molecular flexibility index (Phi) is 2.17. The molecule has 7 heteroatoms. The summed E-state index contributed by atoms with van der Waals surface area (Å²) in [6.07, 6.45) is -1.44. The molecule has 108 valence electrons. The third-order valence-corrected chi connectivity index (χ3v) is 4.18. The van der Waals surface area contributed by atoms with Crippen LogP contribution in [-0.4, -0.2) is 43.4 Å². The topological polar surface area (TPSA) is 75.6 Å². The Morgan fingerprint density at radius 1 is 1.19 bits per heavy atom. The van der Waals surface area contributed by atoms with Gasteiger partial charge >= 0.3 is 0 Å². The molecule has 0 unspecified atom stereocenters. The highest BCUT2D eigenvalue weighted by Gasteiger charge is 2.56. The second kappa shape index (κ2) is 3.96. The van der Waals surface area contributed by atoms with Crippen LogP contribution in [0.2, 0.25) is 0 Å². The normalized spacial score (nSPS) is 35.4. The maximum absolute atomic E-state index is 12.4. The number of Topliss-reactive ketones (excluding diaryl/α,β-unsaturated/α-hetero) is 1. The van der Waals surface area contributed by atoms with Crippen LogP contribution in [-0.2, 0) is 19.1 Å². The van der Waals surface area contributed by atoms with Gasteiger partial charge in [0.25, 0.3) is 0 Å². The van der Waals surface area contributed by atoms with Gasteiger partial charge in [0.05, 0.1) is 6.61 Å². The molecular formula is C14H11NO6. The maximum atomic E-state index is 12.4. The van der Waals surface area contributed by atoms with E-state index in [2.05, 4.69) is 5.16 Å². The summed E-state index contributed by atoms with van der Waals surface area (Å²) in [5.41, 5.74) is 1.40. The van der Waals surface area contributed by atoms with E-state index < -0.39 is 18.3 Å². The lowest BCUT2D eigenvalue weighted by atomic mass is 9.85. The summed E-state index contributed by atoms with van der Waals surface area (Å²) in [5.74, 6) is 0.758. The fourth-order valence-electron chi connectivity index (χ4n) is 3.15. The summed E-state index contributed by atoms with van der Waals surface area (Å²) in [6.45, 7) is 0.570. The number of nitrogens with zero attached hydrogens (tertiary/aromatic N) is 1. The zero-order chi connectivity index (χ0) is 14.0. The number of fused-ring (bicyclic) bond motifs is 5. The van der Waals surface area contributed by atoms with Gasteiger partial charge in [-0.15, -0.1) is 0 Å². The molecule has 1 aromatic rings. The standard InChI is InChI=1S/C14H11NO6/c16-12-10-11(6-1-2-7-8(3-6)19-5-18-7)15-21-13(10)9-4-17-14(12)20-9/h1-3,9-10,13-14H,4-5H2/t9-,10-,13+,14+/m1/s1. The first-order valence-corrected chi connectivity index (χ1v) is 6.76. The first-order chi connectivity index (χ1) is 10.3. The van der Waals surface area contributed by atoms with E-state index in [1.807, 2.05) is 18.2 Å². The third-order valence-electron chi connectivity index (χ3n) is 4.18. The molecule has 7 nitrogen and oxygen atoms in total. The Hall–Kier alpha value is -2.12. The molecule has 2 fully saturated rings. The van der Waals surface area contributed by atoms with Gasteiger partial charge in [-0.05, 0) is 18.2 Å². The van der Waals surface area contributed by atoms with Crippen molar-refractivity contribution in [2.75, 3.05) is 13.4 Å². The summed E-state index contributed by atoms with van der Waals surface area (Å²) in [5, 5.41) is 4.11. The van der Waals surface area contributed by atoms with Gasteiger partial charge in [0.2, 0.25) is 18.9 Å². The SMILES string of the molecule is O=C1[C@H]2OC[C@@H](O2)[C@@H]2ON=C(c3ccc4c(c3)OCO4)[C@H]12. The van der Waals surface area contributed by atoms with E-state index >= 15 is 0 Å². The number of ketones is 1. The number of hydrogen-bond acceptors (Lipinski definition) is 7. The molecule has 4 aliphatic heterocycles. The molecule has 2 bridgehead atoms. The Bertz CT molecular complexity index is 671. The molecule has 0 saturated carbocycles. The van der Waals surface area contributed by atoms with Crippen LogP contribution in [0.5, 0.6) is 11.5 Å².